The van der Waals surface area contributed by atoms with Gasteiger partial charge in [0.05, 0.1) is 10.2 Å². The van der Waals surface area contributed by atoms with Crippen LogP contribution in [0.4, 0.5) is 0 Å². The Bertz CT molecular complexity index is 870. The van der Waals surface area contributed by atoms with Gasteiger partial charge in [-0.05, 0) is 56.2 Å². The van der Waals surface area contributed by atoms with Gasteiger partial charge < -0.3 is 9.47 Å². The standard InChI is InChI=1S/C21H24N2OS/c1-15-7-6-8-16(2)23(15)21(24)19-13-20-18(11-12-25-20)22(19)14-17-9-4-3-5-10-17/h3-5,9-13,15-16H,6-8,14H2,1-2H3/t15-,16-/m0/s1. The van der Waals surface area contributed by atoms with Crippen LogP contribution in [0.3, 0.4) is 0 Å². The van der Waals surface area contributed by atoms with Crippen LogP contribution in [-0.4, -0.2) is 27.5 Å². The number of carbonyl (C=O) groups is 1. The van der Waals surface area contributed by atoms with Crippen molar-refractivity contribution in [2.45, 2.75) is 51.7 Å². The summed E-state index contributed by atoms with van der Waals surface area (Å²) in [6, 6.07) is 15.2. The molecule has 0 spiro atoms. The minimum Gasteiger partial charge on any atom is -0.332 e. The van der Waals surface area contributed by atoms with Gasteiger partial charge in [-0.3, -0.25) is 4.79 Å². The number of hydrogen-bond donors (Lipinski definition) is 0. The SMILES string of the molecule is C[C@H]1CCC[C@H](C)N1C(=O)c1cc2sccc2n1Cc1ccccc1. The number of hydrogen-bond acceptors (Lipinski definition) is 2. The van der Waals surface area contributed by atoms with Crippen molar-refractivity contribution in [3.8, 4) is 0 Å². The molecule has 0 unspecified atom stereocenters. The number of benzene rings is 1. The average Bonchev–Trinajstić information content (AvgIpc) is 3.18. The molecular formula is C21H24N2OS. The van der Waals surface area contributed by atoms with Crippen molar-refractivity contribution in [2.24, 2.45) is 0 Å². The third-order valence-corrected chi connectivity index (χ3v) is 6.21. The van der Waals surface area contributed by atoms with E-state index in [0.717, 1.165) is 30.6 Å². The second-order valence-electron chi connectivity index (χ2n) is 7.11. The molecule has 1 aliphatic heterocycles. The number of thiophene rings is 1. The maximum absolute atomic E-state index is 13.4. The zero-order valence-electron chi connectivity index (χ0n) is 14.8. The Labute approximate surface area is 152 Å². The van der Waals surface area contributed by atoms with Crippen molar-refractivity contribution < 1.29 is 4.79 Å². The van der Waals surface area contributed by atoms with E-state index < -0.39 is 0 Å². The van der Waals surface area contributed by atoms with Crippen LogP contribution in [-0.2, 0) is 6.54 Å². The lowest BCUT2D eigenvalue weighted by molar-refractivity contribution is 0.0500. The first kappa shape index (κ1) is 16.4. The molecule has 0 saturated carbocycles. The van der Waals surface area contributed by atoms with Gasteiger partial charge in [-0.25, -0.2) is 0 Å². The van der Waals surface area contributed by atoms with Crippen LogP contribution in [0, 0.1) is 0 Å². The fourth-order valence-corrected chi connectivity index (χ4v) is 4.87. The van der Waals surface area contributed by atoms with Gasteiger partial charge >= 0.3 is 0 Å². The van der Waals surface area contributed by atoms with Gasteiger partial charge in [0.25, 0.3) is 5.91 Å². The Balaban J connectivity index is 1.75. The summed E-state index contributed by atoms with van der Waals surface area (Å²) < 4.78 is 3.38. The van der Waals surface area contributed by atoms with E-state index in [4.69, 9.17) is 0 Å². The first-order valence-corrected chi connectivity index (χ1v) is 9.96. The minimum atomic E-state index is 0.180. The first-order valence-electron chi connectivity index (χ1n) is 9.08. The summed E-state index contributed by atoms with van der Waals surface area (Å²) in [5.74, 6) is 0.180. The molecule has 1 aliphatic rings. The molecule has 0 N–H and O–H groups in total. The second kappa shape index (κ2) is 6.68. The summed E-state index contributed by atoms with van der Waals surface area (Å²) >= 11 is 1.71. The molecule has 25 heavy (non-hydrogen) atoms. The number of rotatable bonds is 3. The van der Waals surface area contributed by atoms with Gasteiger partial charge in [0.1, 0.15) is 5.69 Å². The van der Waals surface area contributed by atoms with Gasteiger partial charge in [0.15, 0.2) is 0 Å². The maximum atomic E-state index is 13.4. The van der Waals surface area contributed by atoms with Crippen LogP contribution in [0.15, 0.2) is 47.8 Å². The summed E-state index contributed by atoms with van der Waals surface area (Å²) in [5.41, 5.74) is 3.21. The summed E-state index contributed by atoms with van der Waals surface area (Å²) in [7, 11) is 0. The number of likely N-dealkylation sites (tertiary alicyclic amines) is 1. The largest absolute Gasteiger partial charge is 0.332 e. The maximum Gasteiger partial charge on any atom is 0.271 e. The van der Waals surface area contributed by atoms with Crippen LogP contribution in [0.1, 0.15) is 49.2 Å². The van der Waals surface area contributed by atoms with Crippen molar-refractivity contribution in [3.05, 3.63) is 59.1 Å². The van der Waals surface area contributed by atoms with E-state index in [2.05, 4.69) is 65.1 Å². The number of nitrogens with zero attached hydrogens (tertiary/aromatic N) is 2. The molecule has 0 bridgehead atoms. The van der Waals surface area contributed by atoms with E-state index in [1.807, 2.05) is 6.07 Å². The number of carbonyl (C=O) groups excluding carboxylic acids is 1. The molecule has 3 nitrogen and oxygen atoms in total. The Hall–Kier alpha value is -2.07. The lowest BCUT2D eigenvalue weighted by Gasteiger charge is -2.39. The lowest BCUT2D eigenvalue weighted by Crippen LogP contribution is -2.48. The predicted molar refractivity (Wildman–Crippen MR) is 104 cm³/mol. The second-order valence-corrected chi connectivity index (χ2v) is 8.06. The number of amides is 1. The molecule has 1 fully saturated rings. The minimum absolute atomic E-state index is 0.180. The highest BCUT2D eigenvalue weighted by atomic mass is 32.1. The molecule has 0 aliphatic carbocycles. The van der Waals surface area contributed by atoms with Gasteiger partial charge in [0, 0.05) is 18.6 Å². The van der Waals surface area contributed by atoms with Crippen molar-refractivity contribution in [1.29, 1.82) is 0 Å². The van der Waals surface area contributed by atoms with Gasteiger partial charge in [0.2, 0.25) is 0 Å². The van der Waals surface area contributed by atoms with Crippen LogP contribution >= 0.6 is 11.3 Å². The molecule has 1 saturated heterocycles. The molecule has 1 aromatic carbocycles. The normalized spacial score (nSPS) is 21.0. The van der Waals surface area contributed by atoms with Crippen LogP contribution in [0.5, 0.6) is 0 Å². The highest BCUT2D eigenvalue weighted by Gasteiger charge is 2.31. The average molecular weight is 353 g/mol. The Kier molecular flexibility index (Phi) is 4.38. The summed E-state index contributed by atoms with van der Waals surface area (Å²) in [5, 5.41) is 2.10. The Morgan fingerprint density at radius 2 is 1.84 bits per heavy atom. The summed E-state index contributed by atoms with van der Waals surface area (Å²) in [6.45, 7) is 5.10. The molecular weight excluding hydrogens is 328 g/mol. The van der Waals surface area contributed by atoms with Crippen LogP contribution in [0.25, 0.3) is 10.2 Å². The third-order valence-electron chi connectivity index (χ3n) is 5.35. The molecule has 130 valence electrons. The van der Waals surface area contributed by atoms with Crippen molar-refractivity contribution >= 4 is 27.5 Å². The quantitative estimate of drug-likeness (QED) is 0.639. The van der Waals surface area contributed by atoms with Gasteiger partial charge in [-0.1, -0.05) is 30.3 Å². The highest BCUT2D eigenvalue weighted by Crippen LogP contribution is 2.30. The summed E-state index contributed by atoms with van der Waals surface area (Å²) in [6.07, 6.45) is 3.42. The fourth-order valence-electron chi connectivity index (χ4n) is 4.04. The molecule has 4 heteroatoms. The van der Waals surface area contributed by atoms with E-state index in [1.54, 1.807) is 11.3 Å². The molecule has 3 aromatic rings. The monoisotopic (exact) mass is 352 g/mol. The van der Waals surface area contributed by atoms with Crippen LogP contribution in [0.2, 0.25) is 0 Å². The highest BCUT2D eigenvalue weighted by molar-refractivity contribution is 7.17. The first-order chi connectivity index (χ1) is 12.1. The topological polar surface area (TPSA) is 25.2 Å². The Morgan fingerprint density at radius 1 is 1.12 bits per heavy atom. The van der Waals surface area contributed by atoms with E-state index in [1.165, 1.54) is 16.7 Å². The molecule has 2 aromatic heterocycles. The van der Waals surface area contributed by atoms with Crippen molar-refractivity contribution in [3.63, 3.8) is 0 Å². The van der Waals surface area contributed by atoms with E-state index in [9.17, 15) is 4.79 Å². The molecule has 1 amide bonds. The molecule has 4 rings (SSSR count). The van der Waals surface area contributed by atoms with E-state index in [0.29, 0.717) is 12.1 Å². The lowest BCUT2D eigenvalue weighted by atomic mass is 9.97. The van der Waals surface area contributed by atoms with Crippen molar-refractivity contribution in [1.82, 2.24) is 9.47 Å². The number of aromatic nitrogens is 1. The van der Waals surface area contributed by atoms with Gasteiger partial charge in [-0.2, -0.15) is 0 Å². The summed E-state index contributed by atoms with van der Waals surface area (Å²) in [4.78, 5) is 15.5. The van der Waals surface area contributed by atoms with Gasteiger partial charge in [-0.15, -0.1) is 11.3 Å². The van der Waals surface area contributed by atoms with E-state index >= 15 is 0 Å². The molecule has 0 radical (unpaired) electrons. The Morgan fingerprint density at radius 3 is 2.56 bits per heavy atom. The number of piperidine rings is 1. The van der Waals surface area contributed by atoms with Crippen LogP contribution < -0.4 is 0 Å². The van der Waals surface area contributed by atoms with E-state index in [-0.39, 0.29) is 5.91 Å². The van der Waals surface area contributed by atoms with Crippen molar-refractivity contribution in [2.75, 3.05) is 0 Å². The zero-order chi connectivity index (χ0) is 17.4. The molecule has 3 heterocycles. The zero-order valence-corrected chi connectivity index (χ0v) is 15.6. The fraction of sp³-hybridized carbons (Fsp3) is 0.381. The predicted octanol–water partition coefficient (Wildman–Crippen LogP) is 5.15. The molecule has 2 atom stereocenters. The third kappa shape index (κ3) is 2.99. The smallest absolute Gasteiger partial charge is 0.271 e. The number of fused-ring (bicyclic) bond motifs is 1.